The number of carbonyl (C=O) groups is 2. The standard InChI is InChI=1S/C21H27N5O2/c1-14(2)16-5-7-18(8-6-16)26-13-17(9-19(26)27)20(28)25(4)12-15-10-23-21(22-3)24-11-15/h5-8,10-11,14,17H,9,12-13H2,1-4H3,(H,22,23,24). The van der Waals surface area contributed by atoms with E-state index in [0.29, 0.717) is 25.0 Å². The lowest BCUT2D eigenvalue weighted by molar-refractivity contribution is -0.135. The molecule has 1 N–H and O–H groups in total. The van der Waals surface area contributed by atoms with Gasteiger partial charge in [0.15, 0.2) is 0 Å². The van der Waals surface area contributed by atoms with E-state index in [1.54, 1.807) is 36.3 Å². The Hall–Kier alpha value is -2.96. The molecule has 1 fully saturated rings. The summed E-state index contributed by atoms with van der Waals surface area (Å²) in [7, 11) is 3.50. The summed E-state index contributed by atoms with van der Waals surface area (Å²) in [6.07, 6.45) is 3.64. The summed E-state index contributed by atoms with van der Waals surface area (Å²) in [5.74, 6) is 0.605. The van der Waals surface area contributed by atoms with Crippen molar-refractivity contribution in [2.24, 2.45) is 5.92 Å². The number of anilines is 2. The predicted octanol–water partition coefficient (Wildman–Crippen LogP) is 2.65. The molecular weight excluding hydrogens is 354 g/mol. The molecule has 1 aliphatic rings. The van der Waals surface area contributed by atoms with E-state index in [1.807, 2.05) is 24.3 Å². The molecule has 2 heterocycles. The summed E-state index contributed by atoms with van der Waals surface area (Å²) in [5.41, 5.74) is 2.93. The van der Waals surface area contributed by atoms with E-state index in [0.717, 1.165) is 11.3 Å². The molecule has 1 aromatic heterocycles. The van der Waals surface area contributed by atoms with E-state index in [2.05, 4.69) is 29.1 Å². The molecule has 1 atom stereocenters. The average molecular weight is 381 g/mol. The van der Waals surface area contributed by atoms with E-state index in [4.69, 9.17) is 0 Å². The van der Waals surface area contributed by atoms with E-state index in [-0.39, 0.29) is 24.2 Å². The van der Waals surface area contributed by atoms with Crippen molar-refractivity contribution in [3.8, 4) is 0 Å². The van der Waals surface area contributed by atoms with Crippen LogP contribution in [0.25, 0.3) is 0 Å². The molecule has 0 spiro atoms. The van der Waals surface area contributed by atoms with Gasteiger partial charge in [0.25, 0.3) is 0 Å². The summed E-state index contributed by atoms with van der Waals surface area (Å²) in [6, 6.07) is 8.02. The van der Waals surface area contributed by atoms with Crippen molar-refractivity contribution in [2.45, 2.75) is 32.7 Å². The van der Waals surface area contributed by atoms with Gasteiger partial charge >= 0.3 is 0 Å². The number of rotatable bonds is 6. The maximum Gasteiger partial charge on any atom is 0.228 e. The number of amides is 2. The molecule has 7 heteroatoms. The number of nitrogens with zero attached hydrogens (tertiary/aromatic N) is 4. The number of carbonyl (C=O) groups excluding carboxylic acids is 2. The second-order valence-corrected chi connectivity index (χ2v) is 7.51. The Kier molecular flexibility index (Phi) is 5.92. The first-order chi connectivity index (χ1) is 13.4. The SMILES string of the molecule is CNc1ncc(CN(C)C(=O)C2CC(=O)N(c3ccc(C(C)C)cc3)C2)cn1. The van der Waals surface area contributed by atoms with Crippen LogP contribution in [0.4, 0.5) is 11.6 Å². The first-order valence-electron chi connectivity index (χ1n) is 9.53. The molecule has 1 unspecified atom stereocenters. The summed E-state index contributed by atoms with van der Waals surface area (Å²) < 4.78 is 0. The van der Waals surface area contributed by atoms with Gasteiger partial charge in [-0.15, -0.1) is 0 Å². The van der Waals surface area contributed by atoms with Crippen molar-refractivity contribution >= 4 is 23.5 Å². The van der Waals surface area contributed by atoms with Crippen LogP contribution >= 0.6 is 0 Å². The lowest BCUT2D eigenvalue weighted by atomic mass is 10.0. The molecule has 0 bridgehead atoms. The Labute approximate surface area is 165 Å². The fraction of sp³-hybridized carbons (Fsp3) is 0.429. The van der Waals surface area contributed by atoms with Crippen LogP contribution in [0, 0.1) is 5.92 Å². The fourth-order valence-electron chi connectivity index (χ4n) is 3.39. The van der Waals surface area contributed by atoms with Gasteiger partial charge in [0.05, 0.1) is 5.92 Å². The zero-order valence-corrected chi connectivity index (χ0v) is 16.8. The second kappa shape index (κ2) is 8.37. The van der Waals surface area contributed by atoms with Crippen LogP contribution in [0.2, 0.25) is 0 Å². The highest BCUT2D eigenvalue weighted by molar-refractivity contribution is 6.00. The van der Waals surface area contributed by atoms with Crippen molar-refractivity contribution in [1.82, 2.24) is 14.9 Å². The number of benzene rings is 1. The van der Waals surface area contributed by atoms with Crippen molar-refractivity contribution in [1.29, 1.82) is 0 Å². The Morgan fingerprint density at radius 3 is 2.46 bits per heavy atom. The predicted molar refractivity (Wildman–Crippen MR) is 109 cm³/mol. The summed E-state index contributed by atoms with van der Waals surface area (Å²) in [6.45, 7) is 5.10. The number of nitrogens with one attached hydrogen (secondary N) is 1. The molecule has 1 aromatic carbocycles. The van der Waals surface area contributed by atoms with Crippen molar-refractivity contribution in [2.75, 3.05) is 30.9 Å². The molecule has 0 saturated carbocycles. The molecule has 28 heavy (non-hydrogen) atoms. The zero-order chi connectivity index (χ0) is 20.3. The van der Waals surface area contributed by atoms with Gasteiger partial charge in [-0.2, -0.15) is 0 Å². The Morgan fingerprint density at radius 2 is 1.89 bits per heavy atom. The van der Waals surface area contributed by atoms with Gasteiger partial charge in [0, 0.05) is 57.3 Å². The highest BCUT2D eigenvalue weighted by atomic mass is 16.2. The lowest BCUT2D eigenvalue weighted by Gasteiger charge is -2.21. The molecule has 148 valence electrons. The first-order valence-corrected chi connectivity index (χ1v) is 9.53. The van der Waals surface area contributed by atoms with Crippen LogP contribution in [-0.2, 0) is 16.1 Å². The highest BCUT2D eigenvalue weighted by Gasteiger charge is 2.36. The van der Waals surface area contributed by atoms with Crippen LogP contribution in [0.3, 0.4) is 0 Å². The number of hydrogen-bond donors (Lipinski definition) is 1. The topological polar surface area (TPSA) is 78.4 Å². The average Bonchev–Trinajstić information content (AvgIpc) is 3.09. The van der Waals surface area contributed by atoms with E-state index in [9.17, 15) is 9.59 Å². The highest BCUT2D eigenvalue weighted by Crippen LogP contribution is 2.28. The van der Waals surface area contributed by atoms with Gasteiger partial charge in [-0.25, -0.2) is 9.97 Å². The third-order valence-corrected chi connectivity index (χ3v) is 5.07. The van der Waals surface area contributed by atoms with Gasteiger partial charge in [-0.1, -0.05) is 26.0 Å². The van der Waals surface area contributed by atoms with E-state index < -0.39 is 0 Å². The second-order valence-electron chi connectivity index (χ2n) is 7.51. The normalized spacial score (nSPS) is 16.5. The third-order valence-electron chi connectivity index (χ3n) is 5.07. The van der Waals surface area contributed by atoms with Crippen LogP contribution in [0.15, 0.2) is 36.7 Å². The molecule has 2 aromatic rings. The minimum Gasteiger partial charge on any atom is -0.357 e. The molecule has 0 aliphatic carbocycles. The molecule has 7 nitrogen and oxygen atoms in total. The molecule has 2 amide bonds. The van der Waals surface area contributed by atoms with Crippen LogP contribution in [0.5, 0.6) is 0 Å². The Balaban J connectivity index is 1.63. The molecule has 3 rings (SSSR count). The first kappa shape index (κ1) is 19.8. The van der Waals surface area contributed by atoms with Crippen LogP contribution in [0.1, 0.15) is 37.3 Å². The molecule has 1 aliphatic heterocycles. The van der Waals surface area contributed by atoms with Crippen LogP contribution in [-0.4, -0.2) is 47.3 Å². The van der Waals surface area contributed by atoms with E-state index in [1.165, 1.54) is 5.56 Å². The van der Waals surface area contributed by atoms with Gasteiger partial charge in [-0.05, 0) is 23.6 Å². The van der Waals surface area contributed by atoms with Gasteiger partial charge < -0.3 is 15.1 Å². The van der Waals surface area contributed by atoms with Crippen LogP contribution < -0.4 is 10.2 Å². The monoisotopic (exact) mass is 381 g/mol. The summed E-state index contributed by atoms with van der Waals surface area (Å²) in [5, 5.41) is 2.86. The van der Waals surface area contributed by atoms with Crippen molar-refractivity contribution in [3.05, 3.63) is 47.8 Å². The van der Waals surface area contributed by atoms with Gasteiger partial charge in [-0.3, -0.25) is 9.59 Å². The summed E-state index contributed by atoms with van der Waals surface area (Å²) >= 11 is 0. The quantitative estimate of drug-likeness (QED) is 0.832. The van der Waals surface area contributed by atoms with Gasteiger partial charge in [0.1, 0.15) is 0 Å². The smallest absolute Gasteiger partial charge is 0.228 e. The lowest BCUT2D eigenvalue weighted by Crippen LogP contribution is -2.34. The Morgan fingerprint density at radius 1 is 1.25 bits per heavy atom. The third kappa shape index (κ3) is 4.30. The molecular formula is C21H27N5O2. The van der Waals surface area contributed by atoms with Gasteiger partial charge in [0.2, 0.25) is 17.8 Å². The Bertz CT molecular complexity index is 833. The summed E-state index contributed by atoms with van der Waals surface area (Å²) in [4.78, 5) is 37.0. The van der Waals surface area contributed by atoms with E-state index >= 15 is 0 Å². The minimum atomic E-state index is -0.334. The minimum absolute atomic E-state index is 0.00856. The molecule has 1 saturated heterocycles. The number of hydrogen-bond acceptors (Lipinski definition) is 5. The molecule has 0 radical (unpaired) electrons. The zero-order valence-electron chi connectivity index (χ0n) is 16.8. The largest absolute Gasteiger partial charge is 0.357 e. The van der Waals surface area contributed by atoms with Crippen molar-refractivity contribution in [3.63, 3.8) is 0 Å². The van der Waals surface area contributed by atoms with Crippen molar-refractivity contribution < 1.29 is 9.59 Å². The fourth-order valence-corrected chi connectivity index (χ4v) is 3.39. The maximum absolute atomic E-state index is 12.8. The number of aromatic nitrogens is 2. The maximum atomic E-state index is 12.8.